The zero-order chi connectivity index (χ0) is 16.2. The molecule has 0 spiro atoms. The van der Waals surface area contributed by atoms with Crippen molar-refractivity contribution in [3.8, 4) is 0 Å². The lowest BCUT2D eigenvalue weighted by molar-refractivity contribution is -0.115. The number of hydrogen-bond acceptors (Lipinski definition) is 5. The molecule has 4 nitrogen and oxygen atoms in total. The smallest absolute Gasteiger partial charge is 0.242 e. The molecule has 0 radical (unpaired) electrons. The van der Waals surface area contributed by atoms with Gasteiger partial charge in [0.05, 0.1) is 6.61 Å². The first kappa shape index (κ1) is 16.4. The second-order valence-electron chi connectivity index (χ2n) is 5.48. The van der Waals surface area contributed by atoms with E-state index in [9.17, 15) is 4.79 Å². The molecule has 6 heteroatoms. The van der Waals surface area contributed by atoms with E-state index in [-0.39, 0.29) is 17.8 Å². The maximum Gasteiger partial charge on any atom is 0.242 e. The number of aryl methyl sites for hydroxylation is 1. The highest BCUT2D eigenvalue weighted by molar-refractivity contribution is 8.00. The highest BCUT2D eigenvalue weighted by Gasteiger charge is 2.27. The van der Waals surface area contributed by atoms with E-state index in [4.69, 9.17) is 5.11 Å². The minimum Gasteiger partial charge on any atom is -0.395 e. The molecule has 0 bridgehead atoms. The molecule has 3 rings (SSSR count). The van der Waals surface area contributed by atoms with Crippen molar-refractivity contribution < 1.29 is 9.90 Å². The molecule has 122 valence electrons. The largest absolute Gasteiger partial charge is 0.395 e. The van der Waals surface area contributed by atoms with Gasteiger partial charge in [0, 0.05) is 29.8 Å². The van der Waals surface area contributed by atoms with Gasteiger partial charge >= 0.3 is 0 Å². The Kier molecular flexibility index (Phi) is 5.25. The molecule has 0 saturated heterocycles. The van der Waals surface area contributed by atoms with Crippen molar-refractivity contribution in [3.63, 3.8) is 0 Å². The third-order valence-electron chi connectivity index (χ3n) is 3.93. The minimum atomic E-state index is -0.110. The van der Waals surface area contributed by atoms with Crippen LogP contribution in [0.3, 0.4) is 0 Å². The molecule has 1 unspecified atom stereocenters. The number of thioether (sulfide) groups is 1. The number of amides is 1. The van der Waals surface area contributed by atoms with Crippen LogP contribution in [0.25, 0.3) is 0 Å². The number of benzene rings is 1. The van der Waals surface area contributed by atoms with E-state index >= 15 is 0 Å². The molecule has 1 aromatic carbocycles. The van der Waals surface area contributed by atoms with Crippen molar-refractivity contribution in [1.29, 1.82) is 0 Å². The van der Waals surface area contributed by atoms with Crippen molar-refractivity contribution in [3.05, 3.63) is 46.2 Å². The van der Waals surface area contributed by atoms with Gasteiger partial charge in [-0.1, -0.05) is 0 Å². The molecule has 23 heavy (non-hydrogen) atoms. The number of fused-ring (bicyclic) bond motifs is 1. The predicted molar refractivity (Wildman–Crippen MR) is 98.6 cm³/mol. The minimum absolute atomic E-state index is 0.0470. The lowest BCUT2D eigenvalue weighted by Crippen LogP contribution is -2.22. The van der Waals surface area contributed by atoms with Crippen LogP contribution in [0.2, 0.25) is 0 Å². The quantitative estimate of drug-likeness (QED) is 0.872. The summed E-state index contributed by atoms with van der Waals surface area (Å²) in [5.74, 6) is 1.04. The van der Waals surface area contributed by atoms with Crippen LogP contribution >= 0.6 is 23.1 Å². The monoisotopic (exact) mass is 348 g/mol. The summed E-state index contributed by atoms with van der Waals surface area (Å²) in [6.07, 6.45) is 1.06. The molecule has 1 aliphatic rings. The fourth-order valence-electron chi connectivity index (χ4n) is 2.65. The Balaban J connectivity index is 1.67. The van der Waals surface area contributed by atoms with Gasteiger partial charge in [0.25, 0.3) is 0 Å². The number of aliphatic hydroxyl groups excluding tert-OH is 1. The van der Waals surface area contributed by atoms with Crippen LogP contribution in [0.15, 0.2) is 35.7 Å². The Morgan fingerprint density at radius 3 is 2.87 bits per heavy atom. The summed E-state index contributed by atoms with van der Waals surface area (Å²) in [5.41, 5.74) is 2.99. The predicted octanol–water partition coefficient (Wildman–Crippen LogP) is 3.15. The van der Waals surface area contributed by atoms with E-state index in [1.54, 1.807) is 23.1 Å². The number of hydrogen-bond donors (Lipinski definition) is 2. The first-order valence-electron chi connectivity index (χ1n) is 7.60. The van der Waals surface area contributed by atoms with E-state index in [0.717, 1.165) is 23.5 Å². The standard InChI is InChI=1S/C17H20N2O2S2/c1-19(8-9-20)13-4-2-12(3-5-13)18-17(21)16-14-6-10-22-15(14)7-11-23-16/h2-6,10,16,20H,7-9,11H2,1H3,(H,18,21). The third-order valence-corrected chi connectivity index (χ3v) is 6.16. The van der Waals surface area contributed by atoms with Crippen LogP contribution in [0, 0.1) is 0 Å². The van der Waals surface area contributed by atoms with Crippen molar-refractivity contribution in [2.24, 2.45) is 0 Å². The van der Waals surface area contributed by atoms with Crippen LogP contribution in [0.5, 0.6) is 0 Å². The first-order valence-corrected chi connectivity index (χ1v) is 9.52. The van der Waals surface area contributed by atoms with Crippen LogP contribution in [-0.4, -0.2) is 37.0 Å². The highest BCUT2D eigenvalue weighted by atomic mass is 32.2. The van der Waals surface area contributed by atoms with Gasteiger partial charge in [-0.25, -0.2) is 0 Å². The number of thiophene rings is 1. The molecule has 2 aromatic rings. The van der Waals surface area contributed by atoms with E-state index in [0.29, 0.717) is 6.54 Å². The number of nitrogens with zero attached hydrogens (tertiary/aromatic N) is 1. The maximum atomic E-state index is 12.6. The zero-order valence-corrected chi connectivity index (χ0v) is 14.6. The summed E-state index contributed by atoms with van der Waals surface area (Å²) < 4.78 is 0. The first-order chi connectivity index (χ1) is 11.2. The molecule has 1 aromatic heterocycles. The average molecular weight is 348 g/mol. The summed E-state index contributed by atoms with van der Waals surface area (Å²) in [6, 6.07) is 9.79. The van der Waals surface area contributed by atoms with Crippen LogP contribution in [0.4, 0.5) is 11.4 Å². The second kappa shape index (κ2) is 7.38. The fraction of sp³-hybridized carbons (Fsp3) is 0.353. The Bertz CT molecular complexity index is 669. The van der Waals surface area contributed by atoms with E-state index in [2.05, 4.69) is 16.8 Å². The molecular formula is C17H20N2O2S2. The molecule has 2 N–H and O–H groups in total. The Labute approximate surface area is 144 Å². The number of nitrogens with one attached hydrogen (secondary N) is 1. The number of likely N-dealkylation sites (N-methyl/N-ethyl adjacent to an activating group) is 1. The topological polar surface area (TPSA) is 52.6 Å². The lowest BCUT2D eigenvalue weighted by Gasteiger charge is -2.22. The van der Waals surface area contributed by atoms with Gasteiger partial charge in [0.2, 0.25) is 5.91 Å². The van der Waals surface area contributed by atoms with Crippen molar-refractivity contribution in [2.75, 3.05) is 36.2 Å². The molecule has 1 atom stereocenters. The Morgan fingerprint density at radius 1 is 1.35 bits per heavy atom. The van der Waals surface area contributed by atoms with E-state index in [1.807, 2.05) is 36.2 Å². The van der Waals surface area contributed by atoms with Crippen molar-refractivity contribution in [2.45, 2.75) is 11.7 Å². The van der Waals surface area contributed by atoms with Crippen LogP contribution in [-0.2, 0) is 11.2 Å². The van der Waals surface area contributed by atoms with Gasteiger partial charge in [0.1, 0.15) is 5.25 Å². The number of anilines is 2. The van der Waals surface area contributed by atoms with Crippen LogP contribution in [0.1, 0.15) is 15.7 Å². The van der Waals surface area contributed by atoms with Gasteiger partial charge in [-0.05, 0) is 53.4 Å². The van der Waals surface area contributed by atoms with E-state index < -0.39 is 0 Å². The molecule has 0 fully saturated rings. The molecule has 2 heterocycles. The van der Waals surface area contributed by atoms with Gasteiger partial charge in [-0.15, -0.1) is 23.1 Å². The molecular weight excluding hydrogens is 328 g/mol. The van der Waals surface area contributed by atoms with Gasteiger partial charge in [-0.3, -0.25) is 4.79 Å². The van der Waals surface area contributed by atoms with Gasteiger partial charge < -0.3 is 15.3 Å². The van der Waals surface area contributed by atoms with Crippen molar-refractivity contribution in [1.82, 2.24) is 0 Å². The molecule has 0 aliphatic carbocycles. The highest BCUT2D eigenvalue weighted by Crippen LogP contribution is 2.39. The summed E-state index contributed by atoms with van der Waals surface area (Å²) in [6.45, 7) is 0.711. The van der Waals surface area contributed by atoms with Crippen LogP contribution < -0.4 is 10.2 Å². The molecule has 1 aliphatic heterocycles. The number of aliphatic hydroxyl groups is 1. The van der Waals surface area contributed by atoms with Crippen molar-refractivity contribution >= 4 is 40.4 Å². The summed E-state index contributed by atoms with van der Waals surface area (Å²) in [5, 5.41) is 14.0. The summed E-state index contributed by atoms with van der Waals surface area (Å²) in [4.78, 5) is 15.9. The van der Waals surface area contributed by atoms with Gasteiger partial charge in [0.15, 0.2) is 0 Å². The number of carbonyl (C=O) groups is 1. The third kappa shape index (κ3) is 3.71. The molecule has 1 amide bonds. The SMILES string of the molecule is CN(CCO)c1ccc(NC(=O)C2SCCc3sccc32)cc1. The van der Waals surface area contributed by atoms with Gasteiger partial charge in [-0.2, -0.15) is 0 Å². The normalized spacial score (nSPS) is 16.7. The number of rotatable bonds is 5. The maximum absolute atomic E-state index is 12.6. The Hall–Kier alpha value is -1.50. The second-order valence-corrected chi connectivity index (χ2v) is 7.69. The summed E-state index contributed by atoms with van der Waals surface area (Å²) >= 11 is 3.45. The number of carbonyl (C=O) groups excluding carboxylic acids is 1. The zero-order valence-electron chi connectivity index (χ0n) is 13.0. The average Bonchev–Trinajstić information content (AvgIpc) is 3.04. The lowest BCUT2D eigenvalue weighted by atomic mass is 10.1. The Morgan fingerprint density at radius 2 is 2.13 bits per heavy atom. The fourth-order valence-corrected chi connectivity index (χ4v) is 4.94. The van der Waals surface area contributed by atoms with E-state index in [1.165, 1.54) is 10.4 Å². The summed E-state index contributed by atoms with van der Waals surface area (Å²) in [7, 11) is 1.93. The molecule has 0 saturated carbocycles.